The van der Waals surface area contributed by atoms with E-state index in [1.807, 2.05) is 13.1 Å². The lowest BCUT2D eigenvalue weighted by Crippen LogP contribution is -2.19. The van der Waals surface area contributed by atoms with Gasteiger partial charge in [0.2, 0.25) is 0 Å². The third kappa shape index (κ3) is 3.22. The van der Waals surface area contributed by atoms with Crippen molar-refractivity contribution in [3.63, 3.8) is 0 Å². The van der Waals surface area contributed by atoms with Gasteiger partial charge in [-0.1, -0.05) is 17.7 Å². The predicted octanol–water partition coefficient (Wildman–Crippen LogP) is 2.30. The maximum absolute atomic E-state index is 5.38. The standard InChI is InChI=1S/C13H21NO2/c1-10-5-6-13(16-4)11(9-10)12(14-2)7-8-15-3/h5-6,9,12,14H,7-8H2,1-4H3. The quantitative estimate of drug-likeness (QED) is 0.802. The van der Waals surface area contributed by atoms with Crippen molar-refractivity contribution in [2.45, 2.75) is 19.4 Å². The summed E-state index contributed by atoms with van der Waals surface area (Å²) in [7, 11) is 5.39. The van der Waals surface area contributed by atoms with Gasteiger partial charge in [-0.05, 0) is 26.5 Å². The first-order chi connectivity index (χ1) is 7.72. The number of benzene rings is 1. The van der Waals surface area contributed by atoms with Crippen LogP contribution in [0.3, 0.4) is 0 Å². The van der Waals surface area contributed by atoms with E-state index in [-0.39, 0.29) is 6.04 Å². The van der Waals surface area contributed by atoms with Crippen molar-refractivity contribution in [2.24, 2.45) is 0 Å². The Bertz CT molecular complexity index is 326. The molecule has 0 saturated heterocycles. The molecule has 1 atom stereocenters. The largest absolute Gasteiger partial charge is 0.496 e. The van der Waals surface area contributed by atoms with Gasteiger partial charge < -0.3 is 14.8 Å². The fraction of sp³-hybridized carbons (Fsp3) is 0.538. The maximum atomic E-state index is 5.38. The Balaban J connectivity index is 2.92. The second-order valence-corrected chi connectivity index (χ2v) is 3.87. The molecule has 1 N–H and O–H groups in total. The topological polar surface area (TPSA) is 30.5 Å². The first kappa shape index (κ1) is 13.0. The number of hydrogen-bond donors (Lipinski definition) is 1. The van der Waals surface area contributed by atoms with Gasteiger partial charge in [-0.15, -0.1) is 0 Å². The van der Waals surface area contributed by atoms with E-state index < -0.39 is 0 Å². The number of hydrogen-bond acceptors (Lipinski definition) is 3. The van der Waals surface area contributed by atoms with Gasteiger partial charge in [0.1, 0.15) is 5.75 Å². The molecule has 3 nitrogen and oxygen atoms in total. The molecular weight excluding hydrogens is 202 g/mol. The van der Waals surface area contributed by atoms with Crippen LogP contribution in [0.5, 0.6) is 5.75 Å². The van der Waals surface area contributed by atoms with Gasteiger partial charge in [0.25, 0.3) is 0 Å². The van der Waals surface area contributed by atoms with Gasteiger partial charge in [-0.2, -0.15) is 0 Å². The van der Waals surface area contributed by atoms with Gasteiger partial charge in [-0.3, -0.25) is 0 Å². The monoisotopic (exact) mass is 223 g/mol. The van der Waals surface area contributed by atoms with E-state index in [1.165, 1.54) is 11.1 Å². The van der Waals surface area contributed by atoms with Gasteiger partial charge >= 0.3 is 0 Å². The molecule has 0 bridgehead atoms. The number of nitrogens with one attached hydrogen (secondary N) is 1. The van der Waals surface area contributed by atoms with Crippen LogP contribution in [0, 0.1) is 6.92 Å². The lowest BCUT2D eigenvalue weighted by atomic mass is 10.0. The summed E-state index contributed by atoms with van der Waals surface area (Å²) in [5.74, 6) is 0.932. The molecule has 1 rings (SSSR count). The van der Waals surface area contributed by atoms with Gasteiger partial charge in [-0.25, -0.2) is 0 Å². The Kier molecular flexibility index (Phi) is 5.29. The fourth-order valence-electron chi connectivity index (χ4n) is 1.82. The zero-order valence-electron chi connectivity index (χ0n) is 10.5. The average Bonchev–Trinajstić information content (AvgIpc) is 2.30. The molecule has 0 saturated carbocycles. The molecule has 16 heavy (non-hydrogen) atoms. The highest BCUT2D eigenvalue weighted by Gasteiger charge is 2.14. The van der Waals surface area contributed by atoms with Crippen molar-refractivity contribution in [3.8, 4) is 5.75 Å². The zero-order chi connectivity index (χ0) is 12.0. The van der Waals surface area contributed by atoms with E-state index in [9.17, 15) is 0 Å². The minimum absolute atomic E-state index is 0.273. The Morgan fingerprint density at radius 3 is 2.62 bits per heavy atom. The van der Waals surface area contributed by atoms with Crippen molar-refractivity contribution in [1.29, 1.82) is 0 Å². The predicted molar refractivity (Wildman–Crippen MR) is 66.0 cm³/mol. The normalized spacial score (nSPS) is 12.5. The van der Waals surface area contributed by atoms with E-state index in [0.717, 1.165) is 18.8 Å². The molecule has 0 aliphatic heterocycles. The number of rotatable bonds is 6. The summed E-state index contributed by atoms with van der Waals surface area (Å²) in [6.07, 6.45) is 0.937. The van der Waals surface area contributed by atoms with E-state index in [1.54, 1.807) is 14.2 Å². The Labute approximate surface area is 97.8 Å². The summed E-state index contributed by atoms with van der Waals surface area (Å²) >= 11 is 0. The summed E-state index contributed by atoms with van der Waals surface area (Å²) in [5.41, 5.74) is 2.44. The molecule has 0 heterocycles. The SMILES string of the molecule is CNC(CCOC)c1cc(C)ccc1OC. The highest BCUT2D eigenvalue weighted by molar-refractivity contribution is 5.39. The molecule has 3 heteroatoms. The van der Waals surface area contributed by atoms with Crippen LogP contribution in [-0.2, 0) is 4.74 Å². The second kappa shape index (κ2) is 6.51. The zero-order valence-corrected chi connectivity index (χ0v) is 10.5. The van der Waals surface area contributed by atoms with E-state index in [0.29, 0.717) is 0 Å². The Morgan fingerprint density at radius 2 is 2.06 bits per heavy atom. The molecule has 0 aliphatic rings. The maximum Gasteiger partial charge on any atom is 0.123 e. The van der Waals surface area contributed by atoms with Crippen LogP contribution < -0.4 is 10.1 Å². The summed E-state index contributed by atoms with van der Waals surface area (Å²) in [5, 5.41) is 3.30. The van der Waals surface area contributed by atoms with Crippen LogP contribution in [0.15, 0.2) is 18.2 Å². The van der Waals surface area contributed by atoms with Crippen molar-refractivity contribution >= 4 is 0 Å². The minimum Gasteiger partial charge on any atom is -0.496 e. The van der Waals surface area contributed by atoms with Gasteiger partial charge in [0.15, 0.2) is 0 Å². The van der Waals surface area contributed by atoms with Crippen molar-refractivity contribution in [2.75, 3.05) is 27.9 Å². The van der Waals surface area contributed by atoms with Crippen LogP contribution in [0.25, 0.3) is 0 Å². The van der Waals surface area contributed by atoms with Crippen LogP contribution in [0.2, 0.25) is 0 Å². The van der Waals surface area contributed by atoms with Crippen molar-refractivity contribution in [1.82, 2.24) is 5.32 Å². The summed E-state index contributed by atoms with van der Waals surface area (Å²) in [6, 6.07) is 6.51. The van der Waals surface area contributed by atoms with Gasteiger partial charge in [0, 0.05) is 25.3 Å². The summed E-state index contributed by atoms with van der Waals surface area (Å²) < 4.78 is 10.5. The lowest BCUT2D eigenvalue weighted by molar-refractivity contribution is 0.183. The number of methoxy groups -OCH3 is 2. The average molecular weight is 223 g/mol. The molecule has 90 valence electrons. The Hall–Kier alpha value is -1.06. The molecule has 1 unspecified atom stereocenters. The number of ether oxygens (including phenoxy) is 2. The summed E-state index contributed by atoms with van der Waals surface area (Å²) in [6.45, 7) is 2.83. The molecule has 0 amide bonds. The molecule has 1 aromatic rings. The van der Waals surface area contributed by atoms with E-state index in [4.69, 9.17) is 9.47 Å². The number of aryl methyl sites for hydroxylation is 1. The minimum atomic E-state index is 0.273. The molecule has 0 aromatic heterocycles. The molecule has 1 aromatic carbocycles. The third-order valence-corrected chi connectivity index (χ3v) is 2.72. The van der Waals surface area contributed by atoms with E-state index >= 15 is 0 Å². The first-order valence-electron chi connectivity index (χ1n) is 5.53. The van der Waals surface area contributed by atoms with Crippen molar-refractivity contribution in [3.05, 3.63) is 29.3 Å². The van der Waals surface area contributed by atoms with Crippen molar-refractivity contribution < 1.29 is 9.47 Å². The smallest absolute Gasteiger partial charge is 0.123 e. The Morgan fingerprint density at radius 1 is 1.31 bits per heavy atom. The highest BCUT2D eigenvalue weighted by Crippen LogP contribution is 2.27. The van der Waals surface area contributed by atoms with Gasteiger partial charge in [0.05, 0.1) is 7.11 Å². The molecule has 0 radical (unpaired) electrons. The van der Waals surface area contributed by atoms with Crippen LogP contribution >= 0.6 is 0 Å². The van der Waals surface area contributed by atoms with E-state index in [2.05, 4.69) is 24.4 Å². The highest BCUT2D eigenvalue weighted by atomic mass is 16.5. The van der Waals surface area contributed by atoms with Crippen LogP contribution in [0.1, 0.15) is 23.6 Å². The molecular formula is C13H21NO2. The first-order valence-corrected chi connectivity index (χ1v) is 5.53. The molecule has 0 fully saturated rings. The molecule has 0 aliphatic carbocycles. The van der Waals surface area contributed by atoms with Crippen LogP contribution in [-0.4, -0.2) is 27.9 Å². The lowest BCUT2D eigenvalue weighted by Gasteiger charge is -2.19. The fourth-order valence-corrected chi connectivity index (χ4v) is 1.82. The second-order valence-electron chi connectivity index (χ2n) is 3.87. The molecule has 0 spiro atoms. The van der Waals surface area contributed by atoms with Crippen LogP contribution in [0.4, 0.5) is 0 Å². The summed E-state index contributed by atoms with van der Waals surface area (Å²) in [4.78, 5) is 0. The third-order valence-electron chi connectivity index (χ3n) is 2.72.